The number of aromatic nitrogens is 1. The number of amides is 2. The Morgan fingerprint density at radius 1 is 1.33 bits per heavy atom. The maximum Gasteiger partial charge on any atom is 0.433 e. The lowest BCUT2D eigenvalue weighted by Gasteiger charge is -2.20. The third-order valence-corrected chi connectivity index (χ3v) is 4.27. The molecule has 24 heavy (non-hydrogen) atoms. The SMILES string of the molecule is O=C(O)CN1C(=O)N(c2ccc(C(F)(F)F)nc2)C[C@@H]1CC1CC1. The zero-order valence-corrected chi connectivity index (χ0v) is 12.7. The zero-order valence-electron chi connectivity index (χ0n) is 12.7. The largest absolute Gasteiger partial charge is 0.480 e. The maximum atomic E-state index is 12.6. The van der Waals surface area contributed by atoms with E-state index < -0.39 is 30.4 Å². The number of carboxylic acid groups (broad SMARTS) is 1. The van der Waals surface area contributed by atoms with Crippen LogP contribution in [0.1, 0.15) is 25.0 Å². The van der Waals surface area contributed by atoms with Gasteiger partial charge in [-0.1, -0.05) is 12.8 Å². The summed E-state index contributed by atoms with van der Waals surface area (Å²) in [6.45, 7) is -0.156. The molecular formula is C15H16F3N3O3. The highest BCUT2D eigenvalue weighted by atomic mass is 19.4. The van der Waals surface area contributed by atoms with Crippen molar-refractivity contribution in [2.45, 2.75) is 31.5 Å². The van der Waals surface area contributed by atoms with Crippen LogP contribution in [0.4, 0.5) is 23.7 Å². The molecule has 0 spiro atoms. The highest BCUT2D eigenvalue weighted by molar-refractivity contribution is 5.96. The summed E-state index contributed by atoms with van der Waals surface area (Å²) in [5.74, 6) is -0.624. The number of aliphatic carboxylic acids is 1. The Kier molecular flexibility index (Phi) is 4.10. The van der Waals surface area contributed by atoms with E-state index in [0.29, 0.717) is 12.3 Å². The summed E-state index contributed by atoms with van der Waals surface area (Å²) in [5, 5.41) is 8.99. The van der Waals surface area contributed by atoms with E-state index >= 15 is 0 Å². The Morgan fingerprint density at radius 2 is 2.04 bits per heavy atom. The van der Waals surface area contributed by atoms with Crippen molar-refractivity contribution < 1.29 is 27.9 Å². The Bertz CT molecular complexity index is 644. The predicted molar refractivity (Wildman–Crippen MR) is 77.5 cm³/mol. The molecule has 1 aromatic rings. The van der Waals surface area contributed by atoms with Crippen molar-refractivity contribution in [3.05, 3.63) is 24.0 Å². The molecule has 1 saturated carbocycles. The molecular weight excluding hydrogens is 327 g/mol. The van der Waals surface area contributed by atoms with Crippen LogP contribution >= 0.6 is 0 Å². The molecule has 1 N–H and O–H groups in total. The minimum Gasteiger partial charge on any atom is -0.480 e. The van der Waals surface area contributed by atoms with Crippen molar-refractivity contribution in [2.24, 2.45) is 5.92 Å². The van der Waals surface area contributed by atoms with Gasteiger partial charge in [0.05, 0.1) is 17.9 Å². The van der Waals surface area contributed by atoms with Gasteiger partial charge in [-0.2, -0.15) is 13.2 Å². The second kappa shape index (κ2) is 5.95. The van der Waals surface area contributed by atoms with Crippen molar-refractivity contribution in [1.82, 2.24) is 9.88 Å². The monoisotopic (exact) mass is 343 g/mol. The van der Waals surface area contributed by atoms with E-state index in [1.54, 1.807) is 0 Å². The molecule has 1 atom stereocenters. The van der Waals surface area contributed by atoms with E-state index in [-0.39, 0.29) is 18.3 Å². The van der Waals surface area contributed by atoms with Crippen molar-refractivity contribution >= 4 is 17.7 Å². The summed E-state index contributed by atoms with van der Waals surface area (Å²) in [7, 11) is 0. The molecule has 9 heteroatoms. The Labute approximate surface area is 135 Å². The molecule has 6 nitrogen and oxygen atoms in total. The number of hydrogen-bond donors (Lipinski definition) is 1. The summed E-state index contributed by atoms with van der Waals surface area (Å²) in [5.41, 5.74) is -0.795. The summed E-state index contributed by atoms with van der Waals surface area (Å²) >= 11 is 0. The Morgan fingerprint density at radius 3 is 2.54 bits per heavy atom. The van der Waals surface area contributed by atoms with Crippen LogP contribution in [0.2, 0.25) is 0 Å². The van der Waals surface area contributed by atoms with E-state index in [1.165, 1.54) is 15.9 Å². The normalized spacial score (nSPS) is 21.5. The average Bonchev–Trinajstić information content (AvgIpc) is 3.26. The number of hydrogen-bond acceptors (Lipinski definition) is 3. The second-order valence-corrected chi connectivity index (χ2v) is 6.15. The number of halogens is 3. The molecule has 0 unspecified atom stereocenters. The molecule has 0 bridgehead atoms. The van der Waals surface area contributed by atoms with E-state index in [1.807, 2.05) is 0 Å². The van der Waals surface area contributed by atoms with Crippen LogP contribution in [0.15, 0.2) is 18.3 Å². The quantitative estimate of drug-likeness (QED) is 0.892. The van der Waals surface area contributed by atoms with Crippen LogP contribution in [0.25, 0.3) is 0 Å². The van der Waals surface area contributed by atoms with Gasteiger partial charge in [-0.3, -0.25) is 9.69 Å². The van der Waals surface area contributed by atoms with Crippen molar-refractivity contribution in [3.63, 3.8) is 0 Å². The molecule has 130 valence electrons. The molecule has 1 aliphatic carbocycles. The highest BCUT2D eigenvalue weighted by Crippen LogP contribution is 2.37. The highest BCUT2D eigenvalue weighted by Gasteiger charge is 2.42. The van der Waals surface area contributed by atoms with Crippen molar-refractivity contribution in [2.75, 3.05) is 18.0 Å². The molecule has 2 heterocycles. The van der Waals surface area contributed by atoms with Crippen LogP contribution in [0.5, 0.6) is 0 Å². The fourth-order valence-corrected chi connectivity index (χ4v) is 2.91. The standard InChI is InChI=1S/C15H16F3N3O3/c16-15(17,18)12-4-3-10(6-19-12)20-7-11(5-9-1-2-9)21(14(20)24)8-13(22)23/h3-4,6,9,11H,1-2,5,7-8H2,(H,22,23)/t11-/m0/s1. The topological polar surface area (TPSA) is 73.7 Å². The summed E-state index contributed by atoms with van der Waals surface area (Å²) in [6.07, 6.45) is -0.707. The molecule has 3 rings (SSSR count). The fraction of sp³-hybridized carbons (Fsp3) is 0.533. The van der Waals surface area contributed by atoms with Gasteiger partial charge in [-0.25, -0.2) is 9.78 Å². The number of rotatable bonds is 5. The number of urea groups is 1. The number of alkyl halides is 3. The van der Waals surface area contributed by atoms with Crippen LogP contribution < -0.4 is 4.90 Å². The van der Waals surface area contributed by atoms with Crippen LogP contribution in [-0.2, 0) is 11.0 Å². The maximum absolute atomic E-state index is 12.6. The van der Waals surface area contributed by atoms with E-state index in [0.717, 1.165) is 25.1 Å². The van der Waals surface area contributed by atoms with Gasteiger partial charge in [0.15, 0.2) is 0 Å². The first-order valence-electron chi connectivity index (χ1n) is 7.59. The van der Waals surface area contributed by atoms with Crippen LogP contribution in [0.3, 0.4) is 0 Å². The molecule has 1 saturated heterocycles. The number of carboxylic acids is 1. The minimum atomic E-state index is -4.54. The van der Waals surface area contributed by atoms with E-state index in [4.69, 9.17) is 5.11 Å². The van der Waals surface area contributed by atoms with Gasteiger partial charge in [-0.05, 0) is 24.5 Å². The van der Waals surface area contributed by atoms with E-state index in [2.05, 4.69) is 4.98 Å². The lowest BCUT2D eigenvalue weighted by Crippen LogP contribution is -2.39. The molecule has 2 aliphatic rings. The number of carbonyl (C=O) groups excluding carboxylic acids is 1. The average molecular weight is 343 g/mol. The molecule has 0 aromatic carbocycles. The van der Waals surface area contributed by atoms with Gasteiger partial charge in [-0.15, -0.1) is 0 Å². The number of pyridine rings is 1. The van der Waals surface area contributed by atoms with Crippen molar-refractivity contribution in [3.8, 4) is 0 Å². The summed E-state index contributed by atoms with van der Waals surface area (Å²) in [4.78, 5) is 29.4. The third kappa shape index (κ3) is 3.44. The van der Waals surface area contributed by atoms with Gasteiger partial charge in [0.25, 0.3) is 0 Å². The van der Waals surface area contributed by atoms with E-state index in [9.17, 15) is 22.8 Å². The van der Waals surface area contributed by atoms with Gasteiger partial charge < -0.3 is 10.0 Å². The number of anilines is 1. The lowest BCUT2D eigenvalue weighted by molar-refractivity contribution is -0.141. The Balaban J connectivity index is 1.79. The first-order valence-corrected chi connectivity index (χ1v) is 7.59. The first-order chi connectivity index (χ1) is 11.3. The third-order valence-electron chi connectivity index (χ3n) is 4.27. The van der Waals surface area contributed by atoms with Gasteiger partial charge in [0.2, 0.25) is 0 Å². The van der Waals surface area contributed by atoms with Crippen LogP contribution in [-0.4, -0.2) is 46.1 Å². The van der Waals surface area contributed by atoms with Crippen molar-refractivity contribution in [1.29, 1.82) is 0 Å². The molecule has 0 radical (unpaired) electrons. The van der Waals surface area contributed by atoms with Gasteiger partial charge in [0.1, 0.15) is 12.2 Å². The predicted octanol–water partition coefficient (Wildman–Crippen LogP) is 2.60. The number of nitrogens with zero attached hydrogens (tertiary/aromatic N) is 3. The molecule has 2 fully saturated rings. The minimum absolute atomic E-state index is 0.238. The summed E-state index contributed by atoms with van der Waals surface area (Å²) in [6, 6.07) is 1.25. The second-order valence-electron chi connectivity index (χ2n) is 6.15. The molecule has 1 aliphatic heterocycles. The number of carbonyl (C=O) groups is 2. The van der Waals surface area contributed by atoms with Crippen LogP contribution in [0, 0.1) is 5.92 Å². The molecule has 1 aromatic heterocycles. The Hall–Kier alpha value is -2.32. The summed E-state index contributed by atoms with van der Waals surface area (Å²) < 4.78 is 37.7. The van der Waals surface area contributed by atoms with Gasteiger partial charge >= 0.3 is 18.2 Å². The van der Waals surface area contributed by atoms with Gasteiger partial charge in [0, 0.05) is 6.54 Å². The lowest BCUT2D eigenvalue weighted by atomic mass is 10.1. The smallest absolute Gasteiger partial charge is 0.433 e. The molecule has 2 amide bonds. The fourth-order valence-electron chi connectivity index (χ4n) is 2.91. The zero-order chi connectivity index (χ0) is 17.5. The first kappa shape index (κ1) is 16.5.